The van der Waals surface area contributed by atoms with Crippen LogP contribution in [0.25, 0.3) is 0 Å². The maximum absolute atomic E-state index is 11.9. The summed E-state index contributed by atoms with van der Waals surface area (Å²) in [5, 5.41) is 13.2. The van der Waals surface area contributed by atoms with Crippen molar-refractivity contribution in [1.82, 2.24) is 0 Å². The van der Waals surface area contributed by atoms with Crippen LogP contribution in [0.4, 0.5) is 11.4 Å². The molecule has 7 heteroatoms. The zero-order valence-electron chi connectivity index (χ0n) is 11.8. The summed E-state index contributed by atoms with van der Waals surface area (Å²) in [6.07, 6.45) is 0. The molecule has 2 rings (SSSR count). The molecular formula is C15H14N2O4S. The third-order valence-electron chi connectivity index (χ3n) is 2.77. The minimum Gasteiger partial charge on any atom is -0.497 e. The summed E-state index contributed by atoms with van der Waals surface area (Å²) in [7, 11) is 1.59. The van der Waals surface area contributed by atoms with Gasteiger partial charge in [0.05, 0.1) is 17.8 Å². The molecule has 2 aromatic carbocycles. The number of non-ortho nitro benzene ring substituents is 1. The molecule has 0 saturated heterocycles. The molecule has 0 unspecified atom stereocenters. The molecule has 0 spiro atoms. The number of methoxy groups -OCH3 is 1. The molecule has 0 atom stereocenters. The number of thioether (sulfide) groups is 1. The summed E-state index contributed by atoms with van der Waals surface area (Å²) < 4.78 is 5.12. The Labute approximate surface area is 131 Å². The first-order chi connectivity index (χ1) is 10.6. The second-order valence-electron chi connectivity index (χ2n) is 4.32. The van der Waals surface area contributed by atoms with Gasteiger partial charge in [0.25, 0.3) is 5.69 Å². The average Bonchev–Trinajstić information content (AvgIpc) is 2.53. The van der Waals surface area contributed by atoms with Crippen molar-refractivity contribution in [3.8, 4) is 5.75 Å². The Morgan fingerprint density at radius 2 is 2.00 bits per heavy atom. The van der Waals surface area contributed by atoms with Gasteiger partial charge in [0.1, 0.15) is 5.75 Å². The van der Waals surface area contributed by atoms with Crippen LogP contribution >= 0.6 is 11.8 Å². The molecule has 0 radical (unpaired) electrons. The van der Waals surface area contributed by atoms with E-state index in [4.69, 9.17) is 4.74 Å². The number of carbonyl (C=O) groups is 1. The molecule has 114 valence electrons. The van der Waals surface area contributed by atoms with E-state index in [1.165, 1.54) is 36.0 Å². The molecule has 0 bridgehead atoms. The molecule has 0 aliphatic carbocycles. The zero-order chi connectivity index (χ0) is 15.9. The zero-order valence-corrected chi connectivity index (χ0v) is 12.6. The van der Waals surface area contributed by atoms with Gasteiger partial charge in [-0.05, 0) is 30.3 Å². The molecule has 0 aliphatic rings. The number of ether oxygens (including phenoxy) is 1. The lowest BCUT2D eigenvalue weighted by Crippen LogP contribution is -2.13. The SMILES string of the molecule is COc1cccc(SCC(=O)Nc2ccc([N+](=O)[O-])cc2)c1. The third kappa shape index (κ3) is 4.49. The first kappa shape index (κ1) is 15.8. The number of carbonyl (C=O) groups excluding carboxylic acids is 1. The highest BCUT2D eigenvalue weighted by atomic mass is 32.2. The predicted octanol–water partition coefficient (Wildman–Crippen LogP) is 3.33. The highest BCUT2D eigenvalue weighted by Crippen LogP contribution is 2.23. The van der Waals surface area contributed by atoms with Gasteiger partial charge in [-0.3, -0.25) is 14.9 Å². The fourth-order valence-corrected chi connectivity index (χ4v) is 2.45. The van der Waals surface area contributed by atoms with E-state index in [9.17, 15) is 14.9 Å². The lowest BCUT2D eigenvalue weighted by atomic mass is 10.3. The van der Waals surface area contributed by atoms with Crippen molar-refractivity contribution in [3.63, 3.8) is 0 Å². The van der Waals surface area contributed by atoms with Gasteiger partial charge >= 0.3 is 0 Å². The average molecular weight is 318 g/mol. The first-order valence-electron chi connectivity index (χ1n) is 6.39. The lowest BCUT2D eigenvalue weighted by molar-refractivity contribution is -0.384. The van der Waals surface area contributed by atoms with Gasteiger partial charge in [-0.2, -0.15) is 0 Å². The Hall–Kier alpha value is -2.54. The van der Waals surface area contributed by atoms with E-state index in [2.05, 4.69) is 5.32 Å². The third-order valence-corrected chi connectivity index (χ3v) is 3.77. The number of benzene rings is 2. The molecule has 0 aliphatic heterocycles. The molecule has 1 N–H and O–H groups in total. The van der Waals surface area contributed by atoms with E-state index in [0.717, 1.165) is 10.6 Å². The van der Waals surface area contributed by atoms with Crippen molar-refractivity contribution in [2.45, 2.75) is 4.90 Å². The van der Waals surface area contributed by atoms with Crippen molar-refractivity contribution < 1.29 is 14.5 Å². The fourth-order valence-electron chi connectivity index (χ4n) is 1.70. The van der Waals surface area contributed by atoms with Gasteiger partial charge in [0.15, 0.2) is 0 Å². The molecule has 22 heavy (non-hydrogen) atoms. The molecule has 0 heterocycles. The molecular weight excluding hydrogens is 304 g/mol. The van der Waals surface area contributed by atoms with Crippen molar-refractivity contribution in [2.75, 3.05) is 18.2 Å². The van der Waals surface area contributed by atoms with E-state index >= 15 is 0 Å². The lowest BCUT2D eigenvalue weighted by Gasteiger charge is -2.06. The number of nitrogens with one attached hydrogen (secondary N) is 1. The van der Waals surface area contributed by atoms with E-state index in [0.29, 0.717) is 5.69 Å². The molecule has 1 amide bonds. The first-order valence-corrected chi connectivity index (χ1v) is 7.38. The summed E-state index contributed by atoms with van der Waals surface area (Å²) in [6.45, 7) is 0. The van der Waals surface area contributed by atoms with Gasteiger partial charge in [-0.25, -0.2) is 0 Å². The largest absolute Gasteiger partial charge is 0.497 e. The highest BCUT2D eigenvalue weighted by molar-refractivity contribution is 8.00. The number of amides is 1. The van der Waals surface area contributed by atoms with Crippen LogP contribution in [0.2, 0.25) is 0 Å². The molecule has 2 aromatic rings. The van der Waals surface area contributed by atoms with Crippen molar-refractivity contribution >= 4 is 29.0 Å². The number of hydrogen-bond donors (Lipinski definition) is 1. The van der Waals surface area contributed by atoms with Gasteiger partial charge in [-0.15, -0.1) is 11.8 Å². The summed E-state index contributed by atoms with van der Waals surface area (Å²) in [5.74, 6) is 0.798. The summed E-state index contributed by atoms with van der Waals surface area (Å²) >= 11 is 1.39. The smallest absolute Gasteiger partial charge is 0.269 e. The van der Waals surface area contributed by atoms with Crippen LogP contribution in [-0.4, -0.2) is 23.7 Å². The highest BCUT2D eigenvalue weighted by Gasteiger charge is 2.07. The number of nitro groups is 1. The summed E-state index contributed by atoms with van der Waals surface area (Å²) in [4.78, 5) is 22.9. The summed E-state index contributed by atoms with van der Waals surface area (Å²) in [5.41, 5.74) is 0.519. The predicted molar refractivity (Wildman–Crippen MR) is 85.4 cm³/mol. The molecule has 0 aromatic heterocycles. The van der Waals surface area contributed by atoms with Crippen LogP contribution in [0.3, 0.4) is 0 Å². The van der Waals surface area contributed by atoms with Gasteiger partial charge in [-0.1, -0.05) is 6.07 Å². The number of hydrogen-bond acceptors (Lipinski definition) is 5. The van der Waals surface area contributed by atoms with Crippen LogP contribution in [0.1, 0.15) is 0 Å². The minimum absolute atomic E-state index is 0.0104. The second kappa shape index (κ2) is 7.46. The molecule has 0 saturated carbocycles. The Kier molecular flexibility index (Phi) is 5.37. The maximum atomic E-state index is 11.9. The monoisotopic (exact) mass is 318 g/mol. The summed E-state index contributed by atoms with van der Waals surface area (Å²) in [6, 6.07) is 13.2. The van der Waals surface area contributed by atoms with E-state index in [-0.39, 0.29) is 17.3 Å². The van der Waals surface area contributed by atoms with Crippen LogP contribution < -0.4 is 10.1 Å². The van der Waals surface area contributed by atoms with Gasteiger partial charge in [0.2, 0.25) is 5.91 Å². The molecule has 6 nitrogen and oxygen atoms in total. The Morgan fingerprint density at radius 1 is 1.27 bits per heavy atom. The number of nitro benzene ring substituents is 1. The quantitative estimate of drug-likeness (QED) is 0.502. The van der Waals surface area contributed by atoms with Crippen LogP contribution in [0, 0.1) is 10.1 Å². The van der Waals surface area contributed by atoms with E-state index < -0.39 is 4.92 Å². The van der Waals surface area contributed by atoms with Gasteiger partial charge < -0.3 is 10.1 Å². The standard InChI is InChI=1S/C15H14N2O4S/c1-21-13-3-2-4-14(9-13)22-10-15(18)16-11-5-7-12(8-6-11)17(19)20/h2-9H,10H2,1H3,(H,16,18). The van der Waals surface area contributed by atoms with Gasteiger partial charge in [0, 0.05) is 22.7 Å². The van der Waals surface area contributed by atoms with Crippen molar-refractivity contribution in [3.05, 3.63) is 58.6 Å². The van der Waals surface area contributed by atoms with E-state index in [1.807, 2.05) is 24.3 Å². The van der Waals surface area contributed by atoms with Crippen molar-refractivity contribution in [2.24, 2.45) is 0 Å². The fraction of sp³-hybridized carbons (Fsp3) is 0.133. The minimum atomic E-state index is -0.482. The Morgan fingerprint density at radius 3 is 2.64 bits per heavy atom. The Balaban J connectivity index is 1.88. The number of anilines is 1. The molecule has 0 fully saturated rings. The van der Waals surface area contributed by atoms with Crippen molar-refractivity contribution in [1.29, 1.82) is 0 Å². The second-order valence-corrected chi connectivity index (χ2v) is 5.37. The van der Waals surface area contributed by atoms with Crippen LogP contribution in [0.15, 0.2) is 53.4 Å². The Bertz CT molecular complexity index is 673. The topological polar surface area (TPSA) is 81.5 Å². The maximum Gasteiger partial charge on any atom is 0.269 e. The van der Waals surface area contributed by atoms with Crippen LogP contribution in [0.5, 0.6) is 5.75 Å². The van der Waals surface area contributed by atoms with E-state index in [1.54, 1.807) is 7.11 Å². The number of nitrogens with zero attached hydrogens (tertiary/aromatic N) is 1. The normalized spacial score (nSPS) is 10.0. The van der Waals surface area contributed by atoms with Crippen LogP contribution in [-0.2, 0) is 4.79 Å². The number of rotatable bonds is 6.